The lowest BCUT2D eigenvalue weighted by Crippen LogP contribution is -2.21. The molecule has 0 aliphatic heterocycles. The average Bonchev–Trinajstić information content (AvgIpc) is 2.29. The SMILES string of the molecule is N.NS(N)(=O)=O.c1ccc(-c2ccccc2)cc1. The molecule has 0 amide bonds. The molecular formula is C12H17N3O2S. The summed E-state index contributed by atoms with van der Waals surface area (Å²) in [4.78, 5) is 0. The maximum Gasteiger partial charge on any atom is 0.271 e. The summed E-state index contributed by atoms with van der Waals surface area (Å²) in [5.74, 6) is 0. The molecule has 2 rings (SSSR count). The predicted octanol–water partition coefficient (Wildman–Crippen LogP) is 1.66. The van der Waals surface area contributed by atoms with Gasteiger partial charge in [0.05, 0.1) is 0 Å². The van der Waals surface area contributed by atoms with Crippen LogP contribution < -0.4 is 16.4 Å². The predicted molar refractivity (Wildman–Crippen MR) is 74.2 cm³/mol. The van der Waals surface area contributed by atoms with Gasteiger partial charge in [-0.2, -0.15) is 8.42 Å². The maximum atomic E-state index is 9.19. The van der Waals surface area contributed by atoms with Gasteiger partial charge in [-0.1, -0.05) is 60.7 Å². The van der Waals surface area contributed by atoms with E-state index >= 15 is 0 Å². The molecule has 0 heterocycles. The van der Waals surface area contributed by atoms with E-state index in [-0.39, 0.29) is 6.15 Å². The Bertz CT molecular complexity index is 497. The summed E-state index contributed by atoms with van der Waals surface area (Å²) >= 11 is 0. The minimum Gasteiger partial charge on any atom is -0.344 e. The normalized spacial score (nSPS) is 9.67. The number of hydrogen-bond donors (Lipinski definition) is 3. The summed E-state index contributed by atoms with van der Waals surface area (Å²) in [6, 6.07) is 20.8. The largest absolute Gasteiger partial charge is 0.344 e. The molecule has 6 heteroatoms. The molecule has 0 fully saturated rings. The van der Waals surface area contributed by atoms with Gasteiger partial charge in [-0.05, 0) is 11.1 Å². The number of benzene rings is 2. The van der Waals surface area contributed by atoms with Crippen molar-refractivity contribution in [3.63, 3.8) is 0 Å². The molecule has 0 bridgehead atoms. The van der Waals surface area contributed by atoms with Gasteiger partial charge < -0.3 is 6.15 Å². The molecule has 0 unspecified atom stereocenters. The Morgan fingerprint density at radius 3 is 1.11 bits per heavy atom. The lowest BCUT2D eigenvalue weighted by atomic mass is 10.1. The van der Waals surface area contributed by atoms with Crippen LogP contribution in [0.2, 0.25) is 0 Å². The van der Waals surface area contributed by atoms with E-state index in [9.17, 15) is 8.42 Å². The molecule has 0 atom stereocenters. The summed E-state index contributed by atoms with van der Waals surface area (Å²) in [5, 5.41) is 8.21. The van der Waals surface area contributed by atoms with Crippen LogP contribution in [-0.2, 0) is 10.2 Å². The van der Waals surface area contributed by atoms with Crippen molar-refractivity contribution in [2.45, 2.75) is 0 Å². The van der Waals surface area contributed by atoms with Gasteiger partial charge in [-0.25, -0.2) is 10.3 Å². The van der Waals surface area contributed by atoms with Gasteiger partial charge in [0.15, 0.2) is 0 Å². The molecule has 0 saturated heterocycles. The minimum absolute atomic E-state index is 0. The van der Waals surface area contributed by atoms with Gasteiger partial charge in [0.2, 0.25) is 0 Å². The topological polar surface area (TPSA) is 121 Å². The molecule has 0 radical (unpaired) electrons. The van der Waals surface area contributed by atoms with Crippen molar-refractivity contribution in [3.8, 4) is 11.1 Å². The first-order valence-electron chi connectivity index (χ1n) is 4.88. The Morgan fingerprint density at radius 1 is 0.667 bits per heavy atom. The van der Waals surface area contributed by atoms with Crippen molar-refractivity contribution in [2.75, 3.05) is 0 Å². The van der Waals surface area contributed by atoms with Crippen LogP contribution in [0.25, 0.3) is 11.1 Å². The fraction of sp³-hybridized carbons (Fsp3) is 0. The monoisotopic (exact) mass is 267 g/mol. The van der Waals surface area contributed by atoms with Crippen molar-refractivity contribution in [1.82, 2.24) is 6.15 Å². The molecule has 0 aromatic heterocycles. The first-order chi connectivity index (χ1) is 7.97. The molecule has 0 spiro atoms. The molecule has 0 aliphatic rings. The third kappa shape index (κ3) is 7.53. The first kappa shape index (κ1) is 16.3. The van der Waals surface area contributed by atoms with Crippen LogP contribution in [0.1, 0.15) is 0 Å². The molecule has 7 N–H and O–H groups in total. The second-order valence-electron chi connectivity index (χ2n) is 3.32. The first-order valence-corrected chi connectivity index (χ1v) is 6.49. The van der Waals surface area contributed by atoms with Crippen LogP contribution in [0.15, 0.2) is 60.7 Å². The summed E-state index contributed by atoms with van der Waals surface area (Å²) in [7, 11) is -3.67. The Kier molecular flexibility index (Phi) is 6.84. The Balaban J connectivity index is 0.000000421. The quantitative estimate of drug-likeness (QED) is 0.728. The van der Waals surface area contributed by atoms with Crippen LogP contribution >= 0.6 is 0 Å². The third-order valence-corrected chi connectivity index (χ3v) is 1.88. The molecule has 0 aliphatic carbocycles. The molecule has 2 aromatic rings. The van der Waals surface area contributed by atoms with Crippen LogP contribution in [-0.4, -0.2) is 8.42 Å². The van der Waals surface area contributed by atoms with Crippen molar-refractivity contribution >= 4 is 10.2 Å². The Morgan fingerprint density at radius 2 is 0.889 bits per heavy atom. The van der Waals surface area contributed by atoms with E-state index in [4.69, 9.17) is 0 Å². The zero-order valence-corrected chi connectivity index (χ0v) is 10.7. The van der Waals surface area contributed by atoms with Gasteiger partial charge in [-0.3, -0.25) is 0 Å². The molecule has 2 aromatic carbocycles. The fourth-order valence-corrected chi connectivity index (χ4v) is 1.26. The van der Waals surface area contributed by atoms with Crippen LogP contribution in [0.4, 0.5) is 0 Å². The molecule has 98 valence electrons. The maximum absolute atomic E-state index is 9.19. The van der Waals surface area contributed by atoms with Crippen LogP contribution in [0.3, 0.4) is 0 Å². The second-order valence-corrected chi connectivity index (χ2v) is 4.50. The van der Waals surface area contributed by atoms with Crippen molar-refractivity contribution in [1.29, 1.82) is 0 Å². The second kappa shape index (κ2) is 7.57. The van der Waals surface area contributed by atoms with E-state index in [0.29, 0.717) is 0 Å². The zero-order valence-electron chi connectivity index (χ0n) is 9.86. The van der Waals surface area contributed by atoms with E-state index in [1.54, 1.807) is 0 Å². The molecule has 5 nitrogen and oxygen atoms in total. The highest BCUT2D eigenvalue weighted by Gasteiger charge is 1.91. The van der Waals surface area contributed by atoms with E-state index in [2.05, 4.69) is 58.8 Å². The van der Waals surface area contributed by atoms with Crippen molar-refractivity contribution in [3.05, 3.63) is 60.7 Å². The zero-order chi connectivity index (χ0) is 12.7. The van der Waals surface area contributed by atoms with Crippen LogP contribution in [0, 0.1) is 0 Å². The third-order valence-electron chi connectivity index (χ3n) is 1.88. The Hall–Kier alpha value is -1.73. The molecule has 18 heavy (non-hydrogen) atoms. The van der Waals surface area contributed by atoms with Gasteiger partial charge in [0, 0.05) is 0 Å². The number of hydrogen-bond acceptors (Lipinski definition) is 3. The van der Waals surface area contributed by atoms with E-state index in [1.165, 1.54) is 11.1 Å². The smallest absolute Gasteiger partial charge is 0.271 e. The number of nitrogens with two attached hydrogens (primary N) is 2. The lowest BCUT2D eigenvalue weighted by Gasteiger charge is -1.98. The highest BCUT2D eigenvalue weighted by atomic mass is 32.2. The molecular weight excluding hydrogens is 250 g/mol. The van der Waals surface area contributed by atoms with E-state index in [1.807, 2.05) is 12.1 Å². The highest BCUT2D eigenvalue weighted by Crippen LogP contribution is 2.17. The number of rotatable bonds is 1. The van der Waals surface area contributed by atoms with Crippen molar-refractivity contribution in [2.24, 2.45) is 10.3 Å². The van der Waals surface area contributed by atoms with Gasteiger partial charge in [0.1, 0.15) is 0 Å². The molecule has 0 saturated carbocycles. The van der Waals surface area contributed by atoms with Gasteiger partial charge >= 0.3 is 0 Å². The minimum atomic E-state index is -3.67. The van der Waals surface area contributed by atoms with Gasteiger partial charge in [-0.15, -0.1) is 0 Å². The Labute approximate surface area is 107 Å². The summed E-state index contributed by atoms with van der Waals surface area (Å²) < 4.78 is 18.4. The van der Waals surface area contributed by atoms with E-state index in [0.717, 1.165) is 0 Å². The van der Waals surface area contributed by atoms with Gasteiger partial charge in [0.25, 0.3) is 10.2 Å². The van der Waals surface area contributed by atoms with Crippen molar-refractivity contribution < 1.29 is 8.42 Å². The van der Waals surface area contributed by atoms with Crippen LogP contribution in [0.5, 0.6) is 0 Å². The van der Waals surface area contributed by atoms with E-state index < -0.39 is 10.2 Å². The standard InChI is InChI=1S/C12H10.H4N2O2S.H3N/c1-3-7-11(8-4-1)12-9-5-2-6-10-12;1-5(2,3)4;/h1-10H;(H4,1,2,3,4);1H3. The summed E-state index contributed by atoms with van der Waals surface area (Å²) in [6.07, 6.45) is 0. The lowest BCUT2D eigenvalue weighted by molar-refractivity contribution is 0.599. The fourth-order valence-electron chi connectivity index (χ4n) is 1.26. The summed E-state index contributed by atoms with van der Waals surface area (Å²) in [6.45, 7) is 0. The summed E-state index contributed by atoms with van der Waals surface area (Å²) in [5.41, 5.74) is 2.55. The highest BCUT2D eigenvalue weighted by molar-refractivity contribution is 7.86. The average molecular weight is 267 g/mol.